The Morgan fingerprint density at radius 1 is 1.11 bits per heavy atom. The Labute approximate surface area is 157 Å². The number of fused-ring (bicyclic) bond motifs is 1. The highest BCUT2D eigenvalue weighted by atomic mass is 16.2. The fourth-order valence-electron chi connectivity index (χ4n) is 4.31. The molecule has 0 spiro atoms. The van der Waals surface area contributed by atoms with Gasteiger partial charge in [0.15, 0.2) is 0 Å². The van der Waals surface area contributed by atoms with Gasteiger partial charge in [-0.05, 0) is 37.6 Å². The fourth-order valence-corrected chi connectivity index (χ4v) is 4.31. The number of carbonyl (C=O) groups excluding carboxylic acids is 1. The number of aromatic amines is 1. The first-order valence-corrected chi connectivity index (χ1v) is 9.88. The van der Waals surface area contributed by atoms with Crippen molar-refractivity contribution < 1.29 is 4.79 Å². The molecule has 1 amide bonds. The molecular weight excluding hydrogens is 344 g/mol. The summed E-state index contributed by atoms with van der Waals surface area (Å²) >= 11 is 0. The molecule has 0 radical (unpaired) electrons. The third-order valence-electron chi connectivity index (χ3n) is 5.97. The summed E-state index contributed by atoms with van der Waals surface area (Å²) in [5.74, 6) is -0.0477. The molecule has 144 valence electrons. The highest BCUT2D eigenvalue weighted by molar-refractivity contribution is 5.97. The molecule has 27 heavy (non-hydrogen) atoms. The summed E-state index contributed by atoms with van der Waals surface area (Å²) in [7, 11) is 0. The van der Waals surface area contributed by atoms with Gasteiger partial charge in [0, 0.05) is 37.8 Å². The van der Waals surface area contributed by atoms with Crippen molar-refractivity contribution in [1.82, 2.24) is 19.4 Å². The number of aromatic nitrogens is 2. The van der Waals surface area contributed by atoms with Gasteiger partial charge in [-0.25, -0.2) is 4.79 Å². The number of hydrogen-bond acceptors (Lipinski definition) is 4. The zero-order chi connectivity index (χ0) is 19.0. The fraction of sp³-hybridized carbons (Fsp3) is 0.550. The molecule has 2 aliphatic rings. The van der Waals surface area contributed by atoms with Gasteiger partial charge in [-0.3, -0.25) is 14.2 Å². The first-order valence-electron chi connectivity index (χ1n) is 9.88. The maximum absolute atomic E-state index is 12.8. The van der Waals surface area contributed by atoms with E-state index in [9.17, 15) is 14.4 Å². The van der Waals surface area contributed by atoms with Crippen LogP contribution in [0.5, 0.6) is 0 Å². The van der Waals surface area contributed by atoms with Crippen LogP contribution < -0.4 is 11.2 Å². The molecule has 1 aromatic heterocycles. The van der Waals surface area contributed by atoms with E-state index in [-0.39, 0.29) is 23.2 Å². The molecule has 2 heterocycles. The molecule has 7 nitrogen and oxygen atoms in total. The Kier molecular flexibility index (Phi) is 4.86. The SMILES string of the molecule is CCN1CCN(C(=O)c2ccc3c(=O)n(C4CCCC4)c(=O)[nH]c3c2)CC1. The summed E-state index contributed by atoms with van der Waals surface area (Å²) in [5.41, 5.74) is 0.329. The number of hydrogen-bond donors (Lipinski definition) is 1. The van der Waals surface area contributed by atoms with Crippen molar-refractivity contribution in [3.8, 4) is 0 Å². The number of nitrogens with zero attached hydrogens (tertiary/aromatic N) is 3. The summed E-state index contributed by atoms with van der Waals surface area (Å²) in [6.45, 7) is 6.26. The molecule has 0 bridgehead atoms. The first kappa shape index (κ1) is 18.0. The predicted octanol–water partition coefficient (Wildman–Crippen LogP) is 1.58. The van der Waals surface area contributed by atoms with Crippen molar-refractivity contribution in [1.29, 1.82) is 0 Å². The topological polar surface area (TPSA) is 78.4 Å². The van der Waals surface area contributed by atoms with Crippen molar-refractivity contribution >= 4 is 16.8 Å². The number of piperazine rings is 1. The van der Waals surface area contributed by atoms with Crippen molar-refractivity contribution in [2.24, 2.45) is 0 Å². The lowest BCUT2D eigenvalue weighted by Gasteiger charge is -2.34. The lowest BCUT2D eigenvalue weighted by atomic mass is 10.1. The van der Waals surface area contributed by atoms with E-state index >= 15 is 0 Å². The molecule has 1 aliphatic carbocycles. The lowest BCUT2D eigenvalue weighted by molar-refractivity contribution is 0.0643. The van der Waals surface area contributed by atoms with E-state index < -0.39 is 0 Å². The first-order chi connectivity index (χ1) is 13.1. The average Bonchev–Trinajstić information content (AvgIpc) is 3.21. The summed E-state index contributed by atoms with van der Waals surface area (Å²) in [5, 5.41) is 0.467. The third-order valence-corrected chi connectivity index (χ3v) is 5.97. The second kappa shape index (κ2) is 7.31. The van der Waals surface area contributed by atoms with Crippen LogP contribution in [-0.4, -0.2) is 58.0 Å². The van der Waals surface area contributed by atoms with Crippen LogP contribution >= 0.6 is 0 Å². The molecule has 4 rings (SSSR count). The zero-order valence-corrected chi connectivity index (χ0v) is 15.7. The van der Waals surface area contributed by atoms with E-state index in [0.717, 1.165) is 45.3 Å². The maximum atomic E-state index is 12.8. The van der Waals surface area contributed by atoms with Crippen molar-refractivity contribution in [3.63, 3.8) is 0 Å². The minimum atomic E-state index is -0.374. The van der Waals surface area contributed by atoms with Gasteiger partial charge >= 0.3 is 5.69 Å². The number of nitrogens with one attached hydrogen (secondary N) is 1. The third kappa shape index (κ3) is 3.32. The van der Waals surface area contributed by atoms with Crippen LogP contribution in [0, 0.1) is 0 Å². The molecule has 0 unspecified atom stereocenters. The molecule has 1 N–H and O–H groups in total. The second-order valence-electron chi connectivity index (χ2n) is 7.53. The standard InChI is InChI=1S/C20H26N4O3/c1-2-22-9-11-23(12-10-22)18(25)14-7-8-16-17(13-14)21-20(27)24(19(16)26)15-5-3-4-6-15/h7-8,13,15H,2-6,9-12H2,1H3,(H,21,27). The van der Waals surface area contributed by atoms with Crippen LogP contribution in [0.15, 0.2) is 27.8 Å². The van der Waals surface area contributed by atoms with E-state index in [2.05, 4.69) is 16.8 Å². The Morgan fingerprint density at radius 3 is 2.48 bits per heavy atom. The molecule has 0 atom stereocenters. The molecular formula is C20H26N4O3. The molecule has 2 fully saturated rings. The van der Waals surface area contributed by atoms with Gasteiger partial charge in [-0.15, -0.1) is 0 Å². The minimum absolute atomic E-state index is 0.0122. The highest BCUT2D eigenvalue weighted by Gasteiger charge is 2.24. The number of benzene rings is 1. The summed E-state index contributed by atoms with van der Waals surface area (Å²) in [6, 6.07) is 5.01. The Balaban J connectivity index is 1.65. The number of H-pyrrole nitrogens is 1. The van der Waals surface area contributed by atoms with Crippen molar-refractivity contribution in [2.45, 2.75) is 38.6 Å². The molecule has 1 aliphatic heterocycles. The predicted molar refractivity (Wildman–Crippen MR) is 104 cm³/mol. The Hall–Kier alpha value is -2.41. The lowest BCUT2D eigenvalue weighted by Crippen LogP contribution is -2.48. The molecule has 1 aromatic carbocycles. The number of rotatable bonds is 3. The summed E-state index contributed by atoms with van der Waals surface area (Å²) < 4.78 is 1.36. The van der Waals surface area contributed by atoms with E-state index in [4.69, 9.17) is 0 Å². The van der Waals surface area contributed by atoms with Gasteiger partial charge in [0.05, 0.1) is 10.9 Å². The van der Waals surface area contributed by atoms with E-state index in [1.807, 2.05) is 4.90 Å². The van der Waals surface area contributed by atoms with E-state index in [1.165, 1.54) is 4.57 Å². The second-order valence-corrected chi connectivity index (χ2v) is 7.53. The van der Waals surface area contributed by atoms with Crippen molar-refractivity contribution in [2.75, 3.05) is 32.7 Å². The van der Waals surface area contributed by atoms with Crippen LogP contribution in [0.25, 0.3) is 10.9 Å². The minimum Gasteiger partial charge on any atom is -0.336 e. The molecule has 7 heteroatoms. The van der Waals surface area contributed by atoms with Crippen LogP contribution in [-0.2, 0) is 0 Å². The smallest absolute Gasteiger partial charge is 0.329 e. The number of likely N-dealkylation sites (N-methyl/N-ethyl adjacent to an activating group) is 1. The van der Waals surface area contributed by atoms with Gasteiger partial charge in [0.25, 0.3) is 11.5 Å². The monoisotopic (exact) mass is 370 g/mol. The zero-order valence-electron chi connectivity index (χ0n) is 15.7. The quantitative estimate of drug-likeness (QED) is 0.890. The molecule has 1 saturated carbocycles. The Morgan fingerprint density at radius 2 is 1.81 bits per heavy atom. The molecule has 1 saturated heterocycles. The van der Waals surface area contributed by atoms with Gasteiger partial charge in [-0.1, -0.05) is 19.8 Å². The number of carbonyl (C=O) groups is 1. The number of amides is 1. The largest absolute Gasteiger partial charge is 0.336 e. The van der Waals surface area contributed by atoms with Crippen LogP contribution in [0.2, 0.25) is 0 Å². The normalized spacial score (nSPS) is 19.1. The van der Waals surface area contributed by atoms with Crippen molar-refractivity contribution in [3.05, 3.63) is 44.6 Å². The van der Waals surface area contributed by atoms with E-state index in [0.29, 0.717) is 29.6 Å². The van der Waals surface area contributed by atoms with Crippen LogP contribution in [0.4, 0.5) is 0 Å². The summed E-state index contributed by atoms with van der Waals surface area (Å²) in [6.07, 6.45) is 3.84. The van der Waals surface area contributed by atoms with Gasteiger partial charge in [-0.2, -0.15) is 0 Å². The van der Waals surface area contributed by atoms with Crippen LogP contribution in [0.3, 0.4) is 0 Å². The van der Waals surface area contributed by atoms with Gasteiger partial charge in [0.2, 0.25) is 0 Å². The van der Waals surface area contributed by atoms with Gasteiger partial charge < -0.3 is 14.8 Å². The van der Waals surface area contributed by atoms with E-state index in [1.54, 1.807) is 18.2 Å². The average molecular weight is 370 g/mol. The maximum Gasteiger partial charge on any atom is 0.329 e. The molecule has 2 aromatic rings. The van der Waals surface area contributed by atoms with Crippen LogP contribution in [0.1, 0.15) is 49.0 Å². The summed E-state index contributed by atoms with van der Waals surface area (Å²) in [4.78, 5) is 45.1. The van der Waals surface area contributed by atoms with Gasteiger partial charge in [0.1, 0.15) is 0 Å². The Bertz CT molecular complexity index is 963. The highest BCUT2D eigenvalue weighted by Crippen LogP contribution is 2.27.